The van der Waals surface area contributed by atoms with Crippen LogP contribution in [-0.2, 0) is 20.8 Å². The SMILES string of the molecule is O=C1Nc2ccccc2CC1CCC(=O)N1C[C@@H]2CCC[C@@]2(C(=O)O)C1. The molecule has 6 heteroatoms. The maximum atomic E-state index is 12.6. The number of carbonyl (C=O) groups excluding carboxylic acids is 2. The van der Waals surface area contributed by atoms with Gasteiger partial charge in [-0.3, -0.25) is 14.4 Å². The molecule has 0 radical (unpaired) electrons. The van der Waals surface area contributed by atoms with Crippen molar-refractivity contribution in [1.29, 1.82) is 0 Å². The Hall–Kier alpha value is -2.37. The van der Waals surface area contributed by atoms with Gasteiger partial charge >= 0.3 is 5.97 Å². The van der Waals surface area contributed by atoms with Crippen LogP contribution in [0.3, 0.4) is 0 Å². The predicted molar refractivity (Wildman–Crippen MR) is 95.5 cm³/mol. The van der Waals surface area contributed by atoms with Crippen LogP contribution in [0, 0.1) is 17.3 Å². The zero-order chi connectivity index (χ0) is 18.3. The second kappa shape index (κ2) is 6.41. The Morgan fingerprint density at radius 3 is 2.88 bits per heavy atom. The molecule has 2 aliphatic heterocycles. The van der Waals surface area contributed by atoms with Gasteiger partial charge in [0.25, 0.3) is 0 Å². The van der Waals surface area contributed by atoms with Crippen LogP contribution in [0.4, 0.5) is 5.69 Å². The molecule has 26 heavy (non-hydrogen) atoms. The van der Waals surface area contributed by atoms with Crippen molar-refractivity contribution < 1.29 is 19.5 Å². The molecular formula is C20H24N2O4. The Balaban J connectivity index is 1.37. The summed E-state index contributed by atoms with van der Waals surface area (Å²) in [5.41, 5.74) is 1.22. The highest BCUT2D eigenvalue weighted by Gasteiger charge is 2.55. The number of carboxylic acids is 1. The number of nitrogens with one attached hydrogen (secondary N) is 1. The highest BCUT2D eigenvalue weighted by molar-refractivity contribution is 5.96. The average molecular weight is 356 g/mol. The van der Waals surface area contributed by atoms with E-state index in [1.807, 2.05) is 24.3 Å². The average Bonchev–Trinajstić information content (AvgIpc) is 3.18. The lowest BCUT2D eigenvalue weighted by atomic mass is 9.81. The maximum Gasteiger partial charge on any atom is 0.311 e. The van der Waals surface area contributed by atoms with Crippen molar-refractivity contribution in [3.05, 3.63) is 29.8 Å². The molecule has 138 valence electrons. The third-order valence-electron chi connectivity index (χ3n) is 6.47. The van der Waals surface area contributed by atoms with Crippen LogP contribution in [0.15, 0.2) is 24.3 Å². The van der Waals surface area contributed by atoms with Crippen LogP contribution in [0.5, 0.6) is 0 Å². The summed E-state index contributed by atoms with van der Waals surface area (Å²) in [5, 5.41) is 12.6. The smallest absolute Gasteiger partial charge is 0.311 e. The number of anilines is 1. The van der Waals surface area contributed by atoms with Crippen molar-refractivity contribution in [3.8, 4) is 0 Å². The van der Waals surface area contributed by atoms with Crippen molar-refractivity contribution in [3.63, 3.8) is 0 Å². The first-order valence-corrected chi connectivity index (χ1v) is 9.39. The molecule has 1 saturated carbocycles. The third-order valence-corrected chi connectivity index (χ3v) is 6.47. The Morgan fingerprint density at radius 1 is 1.31 bits per heavy atom. The van der Waals surface area contributed by atoms with Gasteiger partial charge in [-0.25, -0.2) is 0 Å². The summed E-state index contributed by atoms with van der Waals surface area (Å²) in [4.78, 5) is 38.4. The number of fused-ring (bicyclic) bond motifs is 2. The van der Waals surface area contributed by atoms with Crippen molar-refractivity contribution in [2.75, 3.05) is 18.4 Å². The van der Waals surface area contributed by atoms with Gasteiger partial charge in [0.15, 0.2) is 0 Å². The number of carbonyl (C=O) groups is 3. The van der Waals surface area contributed by atoms with Gasteiger partial charge in [-0.15, -0.1) is 0 Å². The van der Waals surface area contributed by atoms with E-state index in [4.69, 9.17) is 0 Å². The molecule has 3 atom stereocenters. The van der Waals surface area contributed by atoms with Gasteiger partial charge in [0.05, 0.1) is 5.41 Å². The molecule has 1 unspecified atom stereocenters. The maximum absolute atomic E-state index is 12.6. The molecule has 1 aliphatic carbocycles. The monoisotopic (exact) mass is 356 g/mol. The van der Waals surface area contributed by atoms with Gasteiger partial charge in [0, 0.05) is 31.1 Å². The van der Waals surface area contributed by atoms with Gasteiger partial charge < -0.3 is 15.3 Å². The number of rotatable bonds is 4. The van der Waals surface area contributed by atoms with Crippen molar-refractivity contribution >= 4 is 23.5 Å². The number of hydrogen-bond donors (Lipinski definition) is 2. The van der Waals surface area contributed by atoms with E-state index in [9.17, 15) is 19.5 Å². The van der Waals surface area contributed by atoms with E-state index in [0.717, 1.165) is 24.1 Å². The van der Waals surface area contributed by atoms with Crippen LogP contribution in [0.2, 0.25) is 0 Å². The Morgan fingerprint density at radius 2 is 2.12 bits per heavy atom. The lowest BCUT2D eigenvalue weighted by Crippen LogP contribution is -2.37. The molecular weight excluding hydrogens is 332 g/mol. The largest absolute Gasteiger partial charge is 0.481 e. The number of nitrogens with zero attached hydrogens (tertiary/aromatic N) is 1. The predicted octanol–water partition coefficient (Wildman–Crippen LogP) is 2.29. The summed E-state index contributed by atoms with van der Waals surface area (Å²) in [6, 6.07) is 7.74. The van der Waals surface area contributed by atoms with Crippen LogP contribution in [-0.4, -0.2) is 40.9 Å². The van der Waals surface area contributed by atoms with Gasteiger partial charge in [-0.2, -0.15) is 0 Å². The van der Waals surface area contributed by atoms with Gasteiger partial charge in [0.1, 0.15) is 0 Å². The van der Waals surface area contributed by atoms with E-state index in [1.165, 1.54) is 0 Å². The Labute approximate surface area is 152 Å². The highest BCUT2D eigenvalue weighted by Crippen LogP contribution is 2.49. The fourth-order valence-corrected chi connectivity index (χ4v) is 4.93. The van der Waals surface area contributed by atoms with E-state index in [0.29, 0.717) is 38.8 Å². The second-order valence-electron chi connectivity index (χ2n) is 7.91. The number of carboxylic acid groups (broad SMARTS) is 1. The molecule has 2 amide bonds. The number of likely N-dealkylation sites (tertiary alicyclic amines) is 1. The molecule has 0 bridgehead atoms. The first-order valence-electron chi connectivity index (χ1n) is 9.39. The minimum atomic E-state index is -0.765. The lowest BCUT2D eigenvalue weighted by molar-refractivity contribution is -0.149. The molecule has 1 aromatic carbocycles. The molecule has 3 aliphatic rings. The molecule has 1 saturated heterocycles. The standard InChI is InChI=1S/C20H24N2O4/c23-17(22-11-15-5-3-9-20(15,12-22)19(25)26)8-7-14-10-13-4-1-2-6-16(13)21-18(14)24/h1-2,4,6,14-15H,3,5,7-12H2,(H,21,24)(H,25,26)/t14?,15-,20+/m0/s1. The first kappa shape index (κ1) is 17.1. The fraction of sp³-hybridized carbons (Fsp3) is 0.550. The topological polar surface area (TPSA) is 86.7 Å². The number of para-hydroxylation sites is 1. The number of aliphatic carboxylic acids is 1. The van der Waals surface area contributed by atoms with Crippen molar-refractivity contribution in [2.24, 2.45) is 17.3 Å². The lowest BCUT2D eigenvalue weighted by Gasteiger charge is -2.26. The van der Waals surface area contributed by atoms with E-state index in [-0.39, 0.29) is 23.7 Å². The molecule has 4 rings (SSSR count). The zero-order valence-electron chi connectivity index (χ0n) is 14.7. The summed E-state index contributed by atoms with van der Waals surface area (Å²) in [6.45, 7) is 0.871. The molecule has 2 fully saturated rings. The van der Waals surface area contributed by atoms with Crippen LogP contribution >= 0.6 is 0 Å². The minimum absolute atomic E-state index is 0.0216. The summed E-state index contributed by atoms with van der Waals surface area (Å²) in [6.07, 6.45) is 3.93. The number of amides is 2. The zero-order valence-corrected chi connectivity index (χ0v) is 14.7. The van der Waals surface area contributed by atoms with Gasteiger partial charge in [-0.1, -0.05) is 24.6 Å². The minimum Gasteiger partial charge on any atom is -0.481 e. The molecule has 2 N–H and O–H groups in total. The van der Waals surface area contributed by atoms with Crippen LogP contribution in [0.1, 0.15) is 37.7 Å². The van der Waals surface area contributed by atoms with E-state index >= 15 is 0 Å². The van der Waals surface area contributed by atoms with Crippen LogP contribution in [0.25, 0.3) is 0 Å². The fourth-order valence-electron chi connectivity index (χ4n) is 4.93. The van der Waals surface area contributed by atoms with Crippen molar-refractivity contribution in [1.82, 2.24) is 4.90 Å². The van der Waals surface area contributed by atoms with Gasteiger partial charge in [-0.05, 0) is 43.2 Å². The van der Waals surface area contributed by atoms with E-state index < -0.39 is 11.4 Å². The third kappa shape index (κ3) is 2.77. The normalized spacial score (nSPS) is 29.8. The molecule has 2 heterocycles. The van der Waals surface area contributed by atoms with Crippen molar-refractivity contribution in [2.45, 2.75) is 38.5 Å². The highest BCUT2D eigenvalue weighted by atomic mass is 16.4. The van der Waals surface area contributed by atoms with E-state index in [1.54, 1.807) is 4.90 Å². The van der Waals surface area contributed by atoms with E-state index in [2.05, 4.69) is 5.32 Å². The quantitative estimate of drug-likeness (QED) is 0.867. The summed E-state index contributed by atoms with van der Waals surface area (Å²) in [7, 11) is 0. The molecule has 0 aromatic heterocycles. The summed E-state index contributed by atoms with van der Waals surface area (Å²) < 4.78 is 0. The van der Waals surface area contributed by atoms with Crippen LogP contribution < -0.4 is 5.32 Å². The Bertz CT molecular complexity index is 762. The number of hydrogen-bond acceptors (Lipinski definition) is 3. The first-order chi connectivity index (χ1) is 12.5. The molecule has 1 aromatic rings. The summed E-state index contributed by atoms with van der Waals surface area (Å²) in [5.74, 6) is -0.944. The molecule has 0 spiro atoms. The number of benzene rings is 1. The second-order valence-corrected chi connectivity index (χ2v) is 7.91. The Kier molecular flexibility index (Phi) is 4.21. The van der Waals surface area contributed by atoms with Gasteiger partial charge in [0.2, 0.25) is 11.8 Å². The molecule has 6 nitrogen and oxygen atoms in total. The summed E-state index contributed by atoms with van der Waals surface area (Å²) >= 11 is 0.